The molecule has 1 aromatic carbocycles. The Hall–Kier alpha value is -1.27. The molecular weight excluding hydrogens is 294 g/mol. The first-order valence-corrected chi connectivity index (χ1v) is 8.33. The summed E-state index contributed by atoms with van der Waals surface area (Å²) >= 11 is 0. The van der Waals surface area contributed by atoms with Crippen LogP contribution in [0.2, 0.25) is 0 Å². The van der Waals surface area contributed by atoms with Gasteiger partial charge in [0.05, 0.1) is 12.3 Å². The van der Waals surface area contributed by atoms with Crippen LogP contribution in [0.3, 0.4) is 0 Å². The predicted octanol–water partition coefficient (Wildman–Crippen LogP) is 2.68. The van der Waals surface area contributed by atoms with Crippen LogP contribution >= 0.6 is 0 Å². The fourth-order valence-electron chi connectivity index (χ4n) is 3.49. The molecule has 5 nitrogen and oxygen atoms in total. The van der Waals surface area contributed by atoms with Crippen LogP contribution in [0.4, 0.5) is 0 Å². The van der Waals surface area contributed by atoms with Crippen LogP contribution in [-0.2, 0) is 25.6 Å². The Kier molecular flexibility index (Phi) is 3.97. The van der Waals surface area contributed by atoms with Gasteiger partial charge in [0.15, 0.2) is 12.1 Å². The molecule has 0 saturated carbocycles. The standard InChI is InChI=1S/C18H23NO4/c1-18(2)22-15-14-13(9-6-10-19-14)21-17(16(15)23-18)20-11-12-7-4-3-5-8-12/h3-5,7-8,13,15-17H,6,9-11H2,1-2H3/t13-,15+,16+,17+/m1/s1. The summed E-state index contributed by atoms with van der Waals surface area (Å²) in [6, 6.07) is 10.1. The summed E-state index contributed by atoms with van der Waals surface area (Å²) in [5.41, 5.74) is 2.11. The Morgan fingerprint density at radius 3 is 2.87 bits per heavy atom. The quantitative estimate of drug-likeness (QED) is 0.860. The Morgan fingerprint density at radius 1 is 1.22 bits per heavy atom. The van der Waals surface area contributed by atoms with Gasteiger partial charge in [-0.1, -0.05) is 30.3 Å². The third-order valence-electron chi connectivity index (χ3n) is 4.49. The highest BCUT2D eigenvalue weighted by molar-refractivity contribution is 5.94. The molecule has 0 aliphatic carbocycles. The summed E-state index contributed by atoms with van der Waals surface area (Å²) in [6.45, 7) is 5.20. The molecule has 1 aromatic rings. The van der Waals surface area contributed by atoms with E-state index >= 15 is 0 Å². The van der Waals surface area contributed by atoms with E-state index < -0.39 is 12.1 Å². The zero-order valence-electron chi connectivity index (χ0n) is 13.6. The molecule has 124 valence electrons. The first-order chi connectivity index (χ1) is 11.1. The molecule has 4 atom stereocenters. The number of nitrogens with zero attached hydrogens (tertiary/aromatic N) is 1. The van der Waals surface area contributed by atoms with Crippen molar-refractivity contribution in [3.63, 3.8) is 0 Å². The maximum atomic E-state index is 6.16. The molecule has 0 aromatic heterocycles. The van der Waals surface area contributed by atoms with Gasteiger partial charge in [0.1, 0.15) is 18.3 Å². The van der Waals surface area contributed by atoms with Crippen LogP contribution < -0.4 is 0 Å². The average Bonchev–Trinajstić information content (AvgIpc) is 2.89. The van der Waals surface area contributed by atoms with E-state index in [2.05, 4.69) is 4.99 Å². The second kappa shape index (κ2) is 5.98. The van der Waals surface area contributed by atoms with Gasteiger partial charge in [-0.25, -0.2) is 0 Å². The van der Waals surface area contributed by atoms with Crippen LogP contribution in [0.15, 0.2) is 35.3 Å². The van der Waals surface area contributed by atoms with Crippen molar-refractivity contribution in [2.24, 2.45) is 4.99 Å². The first-order valence-electron chi connectivity index (χ1n) is 8.33. The van der Waals surface area contributed by atoms with Gasteiger partial charge >= 0.3 is 0 Å². The molecule has 0 bridgehead atoms. The van der Waals surface area contributed by atoms with Gasteiger partial charge in [-0.15, -0.1) is 0 Å². The molecule has 0 radical (unpaired) electrons. The van der Waals surface area contributed by atoms with Gasteiger partial charge in [0.25, 0.3) is 0 Å². The van der Waals surface area contributed by atoms with Crippen molar-refractivity contribution < 1.29 is 18.9 Å². The van der Waals surface area contributed by atoms with Crippen molar-refractivity contribution >= 4 is 5.71 Å². The van der Waals surface area contributed by atoms with Gasteiger partial charge in [0, 0.05) is 6.54 Å². The summed E-state index contributed by atoms with van der Waals surface area (Å²) in [6.07, 6.45) is 1.15. The van der Waals surface area contributed by atoms with Crippen LogP contribution in [0.1, 0.15) is 32.3 Å². The van der Waals surface area contributed by atoms with Crippen molar-refractivity contribution in [1.29, 1.82) is 0 Å². The minimum Gasteiger partial charge on any atom is -0.345 e. The fraction of sp³-hybridized carbons (Fsp3) is 0.611. The lowest BCUT2D eigenvalue weighted by molar-refractivity contribution is -0.237. The van der Waals surface area contributed by atoms with E-state index in [-0.39, 0.29) is 18.3 Å². The molecule has 3 aliphatic heterocycles. The SMILES string of the molecule is CC1(C)O[C@@H]2[C@@H](OCc3ccccc3)O[C@@H]3CCCN=C3[C@@H]2O1. The molecule has 0 unspecified atom stereocenters. The lowest BCUT2D eigenvalue weighted by atomic mass is 9.94. The molecule has 3 heterocycles. The van der Waals surface area contributed by atoms with Gasteiger partial charge < -0.3 is 18.9 Å². The molecule has 5 heteroatoms. The Morgan fingerprint density at radius 2 is 2.04 bits per heavy atom. The van der Waals surface area contributed by atoms with Gasteiger partial charge in [-0.2, -0.15) is 0 Å². The number of aliphatic imine (C=N–C) groups is 1. The molecule has 3 aliphatic rings. The van der Waals surface area contributed by atoms with Crippen LogP contribution in [0.25, 0.3) is 0 Å². The molecule has 0 N–H and O–H groups in total. The van der Waals surface area contributed by atoms with Crippen molar-refractivity contribution in [2.45, 2.75) is 63.7 Å². The summed E-state index contributed by atoms with van der Waals surface area (Å²) in [7, 11) is 0. The maximum Gasteiger partial charge on any atom is 0.187 e. The highest BCUT2D eigenvalue weighted by atomic mass is 16.8. The molecule has 2 saturated heterocycles. The zero-order chi connectivity index (χ0) is 15.9. The lowest BCUT2D eigenvalue weighted by Gasteiger charge is -2.39. The Labute approximate surface area is 136 Å². The third-order valence-corrected chi connectivity index (χ3v) is 4.49. The molecule has 0 spiro atoms. The highest BCUT2D eigenvalue weighted by Gasteiger charge is 2.54. The Balaban J connectivity index is 1.52. The predicted molar refractivity (Wildman–Crippen MR) is 85.3 cm³/mol. The van der Waals surface area contributed by atoms with Crippen LogP contribution in [0.5, 0.6) is 0 Å². The number of hydrogen-bond donors (Lipinski definition) is 0. The second-order valence-electron chi connectivity index (χ2n) is 6.76. The second-order valence-corrected chi connectivity index (χ2v) is 6.76. The molecule has 4 rings (SSSR count). The average molecular weight is 317 g/mol. The number of fused-ring (bicyclic) bond motifs is 3. The molecule has 23 heavy (non-hydrogen) atoms. The minimum absolute atomic E-state index is 0.0109. The number of rotatable bonds is 3. The smallest absolute Gasteiger partial charge is 0.187 e. The van der Waals surface area contributed by atoms with Gasteiger partial charge in [0.2, 0.25) is 0 Å². The third kappa shape index (κ3) is 3.06. The van der Waals surface area contributed by atoms with Gasteiger partial charge in [-0.3, -0.25) is 4.99 Å². The zero-order valence-corrected chi connectivity index (χ0v) is 13.6. The summed E-state index contributed by atoms with van der Waals surface area (Å²) < 4.78 is 24.3. The van der Waals surface area contributed by atoms with Gasteiger partial charge in [-0.05, 0) is 32.3 Å². The highest BCUT2D eigenvalue weighted by Crippen LogP contribution is 2.38. The van der Waals surface area contributed by atoms with E-state index in [0.29, 0.717) is 6.61 Å². The largest absolute Gasteiger partial charge is 0.345 e. The van der Waals surface area contributed by atoms with Crippen LogP contribution in [0, 0.1) is 0 Å². The number of hydrogen-bond acceptors (Lipinski definition) is 5. The maximum absolute atomic E-state index is 6.16. The van der Waals surface area contributed by atoms with Crippen molar-refractivity contribution in [2.75, 3.05) is 6.54 Å². The van der Waals surface area contributed by atoms with E-state index in [9.17, 15) is 0 Å². The van der Waals surface area contributed by atoms with Crippen LogP contribution in [-0.4, -0.2) is 42.6 Å². The summed E-state index contributed by atoms with van der Waals surface area (Å²) in [5.74, 6) is -0.637. The topological polar surface area (TPSA) is 49.3 Å². The lowest BCUT2D eigenvalue weighted by Crippen LogP contribution is -2.55. The summed E-state index contributed by atoms with van der Waals surface area (Å²) in [5, 5.41) is 0. The van der Waals surface area contributed by atoms with E-state index in [4.69, 9.17) is 18.9 Å². The molecular formula is C18H23NO4. The first kappa shape index (κ1) is 15.3. The monoisotopic (exact) mass is 317 g/mol. The minimum atomic E-state index is -0.637. The van der Waals surface area contributed by atoms with E-state index in [1.807, 2.05) is 44.2 Å². The molecule has 0 amide bonds. The van der Waals surface area contributed by atoms with Crippen molar-refractivity contribution in [3.8, 4) is 0 Å². The van der Waals surface area contributed by atoms with E-state index in [1.54, 1.807) is 0 Å². The number of ether oxygens (including phenoxy) is 4. The van der Waals surface area contributed by atoms with E-state index in [0.717, 1.165) is 30.7 Å². The Bertz CT molecular complexity index is 586. The fourth-order valence-corrected chi connectivity index (χ4v) is 3.49. The van der Waals surface area contributed by atoms with Crippen molar-refractivity contribution in [3.05, 3.63) is 35.9 Å². The summed E-state index contributed by atoms with van der Waals surface area (Å²) in [4.78, 5) is 4.64. The van der Waals surface area contributed by atoms with Crippen molar-refractivity contribution in [1.82, 2.24) is 0 Å². The van der Waals surface area contributed by atoms with E-state index in [1.165, 1.54) is 0 Å². The molecule has 2 fully saturated rings. The number of benzene rings is 1. The normalized spacial score (nSPS) is 35.3.